The molecule has 2 heterocycles. The Morgan fingerprint density at radius 1 is 1.13 bits per heavy atom. The van der Waals surface area contributed by atoms with Crippen LogP contribution >= 0.6 is 11.6 Å². The minimum Gasteiger partial charge on any atom is -0.502 e. The second-order valence-electron chi connectivity index (χ2n) is 7.58. The number of aromatic amines is 1. The Kier molecular flexibility index (Phi) is 6.36. The van der Waals surface area contributed by atoms with Crippen LogP contribution in [0.15, 0.2) is 53.6 Å². The van der Waals surface area contributed by atoms with Crippen LogP contribution in [0.1, 0.15) is 27.9 Å². The number of aromatic nitrogens is 2. The first-order valence-corrected chi connectivity index (χ1v) is 10.4. The molecule has 1 aliphatic heterocycles. The van der Waals surface area contributed by atoms with Gasteiger partial charge in [0.05, 0.1) is 23.0 Å². The number of alkyl halides is 1. The largest absolute Gasteiger partial charge is 0.502 e. The SMILES string of the molecule is O=c1[nH]cnc(CCc2ccc(C#Cc3ccc(CN4CC(Cl)C4)cc3)c(F)c2)c1O. The van der Waals surface area contributed by atoms with Crippen molar-refractivity contribution in [3.63, 3.8) is 0 Å². The zero-order chi connectivity index (χ0) is 21.8. The predicted octanol–water partition coefficient (Wildman–Crippen LogP) is 3.22. The highest BCUT2D eigenvalue weighted by atomic mass is 35.5. The van der Waals surface area contributed by atoms with E-state index in [0.29, 0.717) is 18.4 Å². The molecule has 0 aliphatic carbocycles. The summed E-state index contributed by atoms with van der Waals surface area (Å²) in [7, 11) is 0. The predicted molar refractivity (Wildman–Crippen MR) is 118 cm³/mol. The summed E-state index contributed by atoms with van der Waals surface area (Å²) in [6.07, 6.45) is 2.01. The van der Waals surface area contributed by atoms with Gasteiger partial charge in [-0.2, -0.15) is 0 Å². The van der Waals surface area contributed by atoms with Crippen LogP contribution in [0, 0.1) is 17.7 Å². The Morgan fingerprint density at radius 3 is 2.58 bits per heavy atom. The second-order valence-corrected chi connectivity index (χ2v) is 8.20. The normalized spacial score (nSPS) is 14.0. The number of hydrogen-bond donors (Lipinski definition) is 2. The van der Waals surface area contributed by atoms with Gasteiger partial charge in [0.15, 0.2) is 0 Å². The van der Waals surface area contributed by atoms with Crippen molar-refractivity contribution < 1.29 is 9.50 Å². The maximum atomic E-state index is 14.5. The summed E-state index contributed by atoms with van der Waals surface area (Å²) in [5.74, 6) is 5.08. The van der Waals surface area contributed by atoms with Gasteiger partial charge >= 0.3 is 0 Å². The zero-order valence-corrected chi connectivity index (χ0v) is 17.5. The van der Waals surface area contributed by atoms with Crippen LogP contribution in [-0.2, 0) is 19.4 Å². The van der Waals surface area contributed by atoms with Crippen molar-refractivity contribution in [2.75, 3.05) is 13.1 Å². The average molecular weight is 438 g/mol. The van der Waals surface area contributed by atoms with Crippen molar-refractivity contribution in [2.24, 2.45) is 0 Å². The van der Waals surface area contributed by atoms with Gasteiger partial charge in [0.25, 0.3) is 5.56 Å². The van der Waals surface area contributed by atoms with Gasteiger partial charge in [0, 0.05) is 25.2 Å². The van der Waals surface area contributed by atoms with Gasteiger partial charge in [0.2, 0.25) is 5.75 Å². The molecule has 0 amide bonds. The molecule has 3 aromatic rings. The van der Waals surface area contributed by atoms with Crippen LogP contribution in [0.2, 0.25) is 0 Å². The Hall–Kier alpha value is -3.14. The Balaban J connectivity index is 1.38. The summed E-state index contributed by atoms with van der Waals surface area (Å²) >= 11 is 6.00. The first-order chi connectivity index (χ1) is 15.0. The lowest BCUT2D eigenvalue weighted by atomic mass is 10.0. The molecule has 0 unspecified atom stereocenters. The third-order valence-electron chi connectivity index (χ3n) is 5.20. The van der Waals surface area contributed by atoms with Crippen molar-refractivity contribution in [3.8, 4) is 17.6 Å². The van der Waals surface area contributed by atoms with Gasteiger partial charge in [0.1, 0.15) is 5.82 Å². The number of halogens is 2. The smallest absolute Gasteiger partial charge is 0.293 e. The second kappa shape index (κ2) is 9.34. The Bertz CT molecular complexity index is 1190. The van der Waals surface area contributed by atoms with Gasteiger partial charge in [-0.25, -0.2) is 9.37 Å². The third-order valence-corrected chi connectivity index (χ3v) is 5.48. The molecule has 0 bridgehead atoms. The summed E-state index contributed by atoms with van der Waals surface area (Å²) in [6, 6.07) is 12.8. The molecule has 1 fully saturated rings. The highest BCUT2D eigenvalue weighted by Gasteiger charge is 2.23. The molecule has 0 saturated carbocycles. The van der Waals surface area contributed by atoms with Crippen LogP contribution in [0.25, 0.3) is 0 Å². The lowest BCUT2D eigenvalue weighted by molar-refractivity contribution is 0.178. The molecule has 1 aromatic heterocycles. The number of likely N-dealkylation sites (tertiary alicyclic amines) is 1. The third kappa shape index (κ3) is 5.32. The van der Waals surface area contributed by atoms with Crippen LogP contribution in [0.5, 0.6) is 5.75 Å². The first-order valence-electron chi connectivity index (χ1n) is 9.99. The van der Waals surface area contributed by atoms with Crippen molar-refractivity contribution in [2.45, 2.75) is 24.8 Å². The maximum Gasteiger partial charge on any atom is 0.293 e. The van der Waals surface area contributed by atoms with E-state index in [4.69, 9.17) is 11.6 Å². The molecule has 1 aliphatic rings. The van der Waals surface area contributed by atoms with E-state index in [1.54, 1.807) is 12.1 Å². The van der Waals surface area contributed by atoms with Crippen molar-refractivity contribution in [1.82, 2.24) is 14.9 Å². The van der Waals surface area contributed by atoms with E-state index in [2.05, 4.69) is 26.7 Å². The van der Waals surface area contributed by atoms with Crippen LogP contribution < -0.4 is 5.56 Å². The first kappa shape index (κ1) is 21.1. The minimum absolute atomic E-state index is 0.262. The minimum atomic E-state index is -0.584. The highest BCUT2D eigenvalue weighted by Crippen LogP contribution is 2.18. The molecule has 2 aromatic carbocycles. The standard InChI is InChI=1S/C24H21ClFN3O2/c25-20-13-29(14-20)12-18-3-1-16(2-4-18)5-8-19-9-6-17(11-21(19)26)7-10-22-23(30)24(31)28-15-27-22/h1-4,6,9,11,15,20,30H,7,10,12-14H2,(H,27,28,31). The number of hydrogen-bond acceptors (Lipinski definition) is 4. The molecule has 0 atom stereocenters. The molecule has 7 heteroatoms. The quantitative estimate of drug-likeness (QED) is 0.475. The number of benzene rings is 2. The number of nitrogens with one attached hydrogen (secondary N) is 1. The molecular formula is C24H21ClFN3O2. The lowest BCUT2D eigenvalue weighted by Gasteiger charge is -2.35. The number of H-pyrrole nitrogens is 1. The van der Waals surface area contributed by atoms with E-state index < -0.39 is 17.1 Å². The maximum absolute atomic E-state index is 14.5. The van der Waals surface area contributed by atoms with Crippen LogP contribution in [0.3, 0.4) is 0 Å². The summed E-state index contributed by atoms with van der Waals surface area (Å²) in [5, 5.41) is 9.99. The van der Waals surface area contributed by atoms with E-state index in [1.165, 1.54) is 18.0 Å². The lowest BCUT2D eigenvalue weighted by Crippen LogP contribution is -2.46. The van der Waals surface area contributed by atoms with Crippen LogP contribution in [-0.4, -0.2) is 38.4 Å². The summed E-state index contributed by atoms with van der Waals surface area (Å²) in [6.45, 7) is 2.71. The number of aryl methyl sites for hydroxylation is 2. The van der Waals surface area contributed by atoms with Gasteiger partial charge in [-0.05, 0) is 48.2 Å². The van der Waals surface area contributed by atoms with Crippen molar-refractivity contribution in [1.29, 1.82) is 0 Å². The summed E-state index contributed by atoms with van der Waals surface area (Å²) < 4.78 is 14.5. The van der Waals surface area contributed by atoms with E-state index in [1.807, 2.05) is 24.3 Å². The van der Waals surface area contributed by atoms with E-state index >= 15 is 0 Å². The van der Waals surface area contributed by atoms with E-state index in [-0.39, 0.29) is 11.1 Å². The van der Waals surface area contributed by atoms with Crippen LogP contribution in [0.4, 0.5) is 4.39 Å². The fourth-order valence-electron chi connectivity index (χ4n) is 3.42. The van der Waals surface area contributed by atoms with Gasteiger partial charge in [-0.1, -0.05) is 30.0 Å². The van der Waals surface area contributed by atoms with Crippen molar-refractivity contribution in [3.05, 3.63) is 92.9 Å². The fraction of sp³-hybridized carbons (Fsp3) is 0.250. The molecule has 158 valence electrons. The van der Waals surface area contributed by atoms with Gasteiger partial charge in [-0.3, -0.25) is 9.69 Å². The van der Waals surface area contributed by atoms with Gasteiger partial charge < -0.3 is 10.1 Å². The molecule has 1 saturated heterocycles. The molecule has 31 heavy (non-hydrogen) atoms. The molecule has 2 N–H and O–H groups in total. The molecule has 0 spiro atoms. The molecular weight excluding hydrogens is 417 g/mol. The summed E-state index contributed by atoms with van der Waals surface area (Å²) in [5.41, 5.74) is 2.78. The van der Waals surface area contributed by atoms with Gasteiger partial charge in [-0.15, -0.1) is 11.6 Å². The Labute approximate surface area is 184 Å². The molecule has 0 radical (unpaired) electrons. The molecule has 4 rings (SSSR count). The molecule has 5 nitrogen and oxygen atoms in total. The monoisotopic (exact) mass is 437 g/mol. The average Bonchev–Trinajstić information content (AvgIpc) is 2.74. The topological polar surface area (TPSA) is 69.2 Å². The van der Waals surface area contributed by atoms with Crippen molar-refractivity contribution >= 4 is 11.6 Å². The highest BCUT2D eigenvalue weighted by molar-refractivity contribution is 6.21. The number of rotatable bonds is 5. The number of nitrogens with zero attached hydrogens (tertiary/aromatic N) is 2. The number of aromatic hydroxyl groups is 1. The Morgan fingerprint density at radius 2 is 1.87 bits per heavy atom. The zero-order valence-electron chi connectivity index (χ0n) is 16.7. The van der Waals surface area contributed by atoms with E-state index in [0.717, 1.165) is 30.8 Å². The fourth-order valence-corrected chi connectivity index (χ4v) is 3.81. The summed E-state index contributed by atoms with van der Waals surface area (Å²) in [4.78, 5) is 19.9. The van der Waals surface area contributed by atoms with E-state index in [9.17, 15) is 14.3 Å².